The molecule has 0 unspecified atom stereocenters. The van der Waals surface area contributed by atoms with Crippen molar-refractivity contribution in [3.05, 3.63) is 0 Å². The Kier molecular flexibility index (Phi) is 21.0. The second-order valence-electron chi connectivity index (χ2n) is 0.630. The van der Waals surface area contributed by atoms with Gasteiger partial charge in [0.15, 0.2) is 0 Å². The van der Waals surface area contributed by atoms with E-state index in [4.69, 9.17) is 15.2 Å². The standard InChI is InChI=1S/C3H5NS.CH2O2/c1-2-5-3-4;2-1-3/h2H2,1H3;1H,(H,2,3). The first-order valence-corrected chi connectivity index (χ1v) is 2.90. The Labute approximate surface area is 52.3 Å². The molecule has 0 amide bonds. The van der Waals surface area contributed by atoms with Crippen LogP contribution in [0.3, 0.4) is 0 Å². The third-order valence-corrected chi connectivity index (χ3v) is 0.627. The molecular weight excluding hydrogens is 126 g/mol. The van der Waals surface area contributed by atoms with Crippen molar-refractivity contribution in [3.8, 4) is 5.40 Å². The molecule has 0 aromatic rings. The second kappa shape index (κ2) is 16.2. The second-order valence-corrected chi connectivity index (χ2v) is 1.68. The van der Waals surface area contributed by atoms with Crippen LogP contribution in [0.25, 0.3) is 0 Å². The first-order valence-electron chi connectivity index (χ1n) is 1.92. The van der Waals surface area contributed by atoms with Crippen molar-refractivity contribution in [1.82, 2.24) is 0 Å². The van der Waals surface area contributed by atoms with Gasteiger partial charge in [-0.2, -0.15) is 5.26 Å². The van der Waals surface area contributed by atoms with Gasteiger partial charge in [0.1, 0.15) is 5.40 Å². The van der Waals surface area contributed by atoms with Crippen LogP contribution >= 0.6 is 11.8 Å². The first kappa shape index (κ1) is 10.3. The minimum Gasteiger partial charge on any atom is -0.483 e. The molecule has 0 spiro atoms. The molecule has 0 saturated carbocycles. The van der Waals surface area contributed by atoms with E-state index in [1.807, 2.05) is 12.3 Å². The number of hydrogen-bond acceptors (Lipinski definition) is 3. The van der Waals surface area contributed by atoms with E-state index < -0.39 is 0 Å². The summed E-state index contributed by atoms with van der Waals surface area (Å²) in [6, 6.07) is 0. The molecule has 0 aromatic carbocycles. The summed E-state index contributed by atoms with van der Waals surface area (Å²) in [5, 5.41) is 16.6. The van der Waals surface area contributed by atoms with E-state index in [9.17, 15) is 0 Å². The van der Waals surface area contributed by atoms with Crippen LogP contribution < -0.4 is 0 Å². The first-order chi connectivity index (χ1) is 3.83. The molecule has 0 aliphatic heterocycles. The molecule has 3 nitrogen and oxygen atoms in total. The van der Waals surface area contributed by atoms with E-state index >= 15 is 0 Å². The van der Waals surface area contributed by atoms with Gasteiger partial charge in [-0.3, -0.25) is 4.79 Å². The van der Waals surface area contributed by atoms with Crippen LogP contribution in [0.4, 0.5) is 0 Å². The number of nitriles is 1. The molecule has 0 atom stereocenters. The molecule has 0 aliphatic rings. The quantitative estimate of drug-likeness (QED) is 0.427. The Bertz CT molecular complexity index is 78.6. The van der Waals surface area contributed by atoms with Crippen molar-refractivity contribution in [2.45, 2.75) is 6.92 Å². The van der Waals surface area contributed by atoms with Crippen LogP contribution in [0, 0.1) is 10.7 Å². The summed E-state index contributed by atoms with van der Waals surface area (Å²) in [5.74, 6) is 0.899. The van der Waals surface area contributed by atoms with Gasteiger partial charge in [-0.1, -0.05) is 6.92 Å². The van der Waals surface area contributed by atoms with E-state index in [0.29, 0.717) is 0 Å². The fraction of sp³-hybridized carbons (Fsp3) is 0.500. The fourth-order valence-electron chi connectivity index (χ4n) is 0.0645. The highest BCUT2D eigenvalue weighted by Crippen LogP contribution is 1.89. The number of carboxylic acid groups (broad SMARTS) is 1. The Morgan fingerprint density at radius 1 is 2.00 bits per heavy atom. The van der Waals surface area contributed by atoms with Crippen LogP contribution in [-0.4, -0.2) is 17.3 Å². The van der Waals surface area contributed by atoms with Crippen molar-refractivity contribution < 1.29 is 9.90 Å². The summed E-state index contributed by atoms with van der Waals surface area (Å²) in [6.07, 6.45) is 0. The molecule has 0 rings (SSSR count). The monoisotopic (exact) mass is 133 g/mol. The highest BCUT2D eigenvalue weighted by Gasteiger charge is 1.65. The summed E-state index contributed by atoms with van der Waals surface area (Å²) in [7, 11) is 0. The zero-order chi connectivity index (χ0) is 6.83. The van der Waals surface area contributed by atoms with Crippen LogP contribution in [0.5, 0.6) is 0 Å². The average Bonchev–Trinajstić information content (AvgIpc) is 1.71. The van der Waals surface area contributed by atoms with Gasteiger partial charge >= 0.3 is 0 Å². The Balaban J connectivity index is 0. The van der Waals surface area contributed by atoms with Gasteiger partial charge in [0.2, 0.25) is 0 Å². The van der Waals surface area contributed by atoms with Crippen LogP contribution in [-0.2, 0) is 4.79 Å². The summed E-state index contributed by atoms with van der Waals surface area (Å²) < 4.78 is 0. The van der Waals surface area contributed by atoms with E-state index in [-0.39, 0.29) is 6.47 Å². The SMILES string of the molecule is CCSC#N.O=CO. The molecule has 0 fully saturated rings. The normalized spacial score (nSPS) is 5.50. The molecule has 1 N–H and O–H groups in total. The number of thiocyanates is 1. The Hall–Kier alpha value is -0.690. The maximum Gasteiger partial charge on any atom is 0.290 e. The third kappa shape index (κ3) is 57.5. The maximum atomic E-state index is 8.36. The summed E-state index contributed by atoms with van der Waals surface area (Å²) in [6.45, 7) is 1.70. The van der Waals surface area contributed by atoms with Gasteiger partial charge in [-0.15, -0.1) is 0 Å². The molecule has 0 saturated heterocycles. The van der Waals surface area contributed by atoms with Crippen molar-refractivity contribution in [1.29, 1.82) is 5.26 Å². The summed E-state index contributed by atoms with van der Waals surface area (Å²) >= 11 is 1.27. The van der Waals surface area contributed by atoms with Crippen molar-refractivity contribution in [3.63, 3.8) is 0 Å². The largest absolute Gasteiger partial charge is 0.483 e. The number of hydrogen-bond donors (Lipinski definition) is 1. The molecule has 0 aliphatic carbocycles. The highest BCUT2D eigenvalue weighted by atomic mass is 32.2. The highest BCUT2D eigenvalue weighted by molar-refractivity contribution is 8.03. The molecule has 0 heterocycles. The molecule has 8 heavy (non-hydrogen) atoms. The Morgan fingerprint density at radius 2 is 2.38 bits per heavy atom. The topological polar surface area (TPSA) is 61.1 Å². The van der Waals surface area contributed by atoms with Crippen LogP contribution in [0.15, 0.2) is 0 Å². The lowest BCUT2D eigenvalue weighted by atomic mass is 11.0. The van der Waals surface area contributed by atoms with Crippen LogP contribution in [0.2, 0.25) is 0 Å². The number of carbonyl (C=O) groups is 1. The van der Waals surface area contributed by atoms with Gasteiger partial charge in [0.05, 0.1) is 0 Å². The molecule has 0 bridgehead atoms. The van der Waals surface area contributed by atoms with Crippen molar-refractivity contribution in [2.75, 3.05) is 5.75 Å². The van der Waals surface area contributed by atoms with E-state index in [1.165, 1.54) is 11.8 Å². The molecule has 46 valence electrons. The zero-order valence-electron chi connectivity index (χ0n) is 4.50. The minimum atomic E-state index is -0.250. The van der Waals surface area contributed by atoms with Crippen molar-refractivity contribution >= 4 is 18.2 Å². The number of thioether (sulfide) groups is 1. The van der Waals surface area contributed by atoms with Gasteiger partial charge in [0, 0.05) is 5.75 Å². The smallest absolute Gasteiger partial charge is 0.290 e. The third-order valence-electron chi connectivity index (χ3n) is 0.209. The van der Waals surface area contributed by atoms with E-state index in [1.54, 1.807) is 0 Å². The maximum absolute atomic E-state index is 8.36. The molecule has 0 radical (unpaired) electrons. The number of nitrogens with zero attached hydrogens (tertiary/aromatic N) is 1. The molecular formula is C4H7NO2S. The number of rotatable bonds is 1. The minimum absolute atomic E-state index is 0.250. The summed E-state index contributed by atoms with van der Waals surface area (Å²) in [4.78, 5) is 8.36. The lowest BCUT2D eigenvalue weighted by Crippen LogP contribution is -1.52. The van der Waals surface area contributed by atoms with Crippen molar-refractivity contribution in [2.24, 2.45) is 0 Å². The van der Waals surface area contributed by atoms with Gasteiger partial charge in [0.25, 0.3) is 6.47 Å². The van der Waals surface area contributed by atoms with Gasteiger partial charge < -0.3 is 5.11 Å². The molecule has 0 aromatic heterocycles. The molecule has 4 heteroatoms. The lowest BCUT2D eigenvalue weighted by molar-refractivity contribution is -0.122. The fourth-order valence-corrected chi connectivity index (χ4v) is 0.194. The predicted molar refractivity (Wildman–Crippen MR) is 32.4 cm³/mol. The average molecular weight is 133 g/mol. The van der Waals surface area contributed by atoms with E-state index in [0.717, 1.165) is 5.75 Å². The Morgan fingerprint density at radius 3 is 2.38 bits per heavy atom. The van der Waals surface area contributed by atoms with E-state index in [2.05, 4.69) is 0 Å². The predicted octanol–water partition coefficient (Wildman–Crippen LogP) is 0.921. The van der Waals surface area contributed by atoms with Crippen LogP contribution in [0.1, 0.15) is 6.92 Å². The lowest BCUT2D eigenvalue weighted by Gasteiger charge is -1.65. The van der Waals surface area contributed by atoms with Gasteiger partial charge in [-0.25, -0.2) is 0 Å². The zero-order valence-corrected chi connectivity index (χ0v) is 5.31. The summed E-state index contributed by atoms with van der Waals surface area (Å²) in [5.41, 5.74) is 0. The van der Waals surface area contributed by atoms with Gasteiger partial charge in [-0.05, 0) is 11.8 Å².